The molecule has 98 valence electrons. The fraction of sp³-hybridized carbons (Fsp3) is 0.143. The van der Waals surface area contributed by atoms with E-state index in [1.807, 2.05) is 0 Å². The first-order valence-electron chi connectivity index (χ1n) is 5.74. The maximum Gasteiger partial charge on any atom is 0.149 e. The number of hydrogen-bond donors (Lipinski definition) is 1. The van der Waals surface area contributed by atoms with Crippen molar-refractivity contribution < 1.29 is 17.6 Å². The third-order valence-corrected chi connectivity index (χ3v) is 3.21. The van der Waals surface area contributed by atoms with Crippen molar-refractivity contribution in [2.24, 2.45) is 0 Å². The second kappa shape index (κ2) is 4.26. The van der Waals surface area contributed by atoms with Crippen molar-refractivity contribution >= 4 is 5.69 Å². The van der Waals surface area contributed by atoms with Gasteiger partial charge in [0.05, 0.1) is 11.7 Å². The lowest BCUT2D eigenvalue weighted by Crippen LogP contribution is -2.08. The molecule has 5 heteroatoms. The van der Waals surface area contributed by atoms with E-state index in [0.717, 1.165) is 24.3 Å². The second-order valence-electron chi connectivity index (χ2n) is 4.49. The molecule has 0 saturated carbocycles. The van der Waals surface area contributed by atoms with Crippen molar-refractivity contribution in [2.45, 2.75) is 12.5 Å². The van der Waals surface area contributed by atoms with Gasteiger partial charge in [-0.3, -0.25) is 0 Å². The fourth-order valence-electron chi connectivity index (χ4n) is 2.36. The SMILES string of the molecule is Fc1cc(F)c2c(c1)CC(c1cc(F)ccc1F)N2. The molecule has 0 saturated heterocycles. The van der Waals surface area contributed by atoms with E-state index in [9.17, 15) is 17.6 Å². The van der Waals surface area contributed by atoms with E-state index in [1.165, 1.54) is 6.07 Å². The molecule has 1 heterocycles. The highest BCUT2D eigenvalue weighted by molar-refractivity contribution is 5.59. The number of anilines is 1. The zero-order valence-electron chi connectivity index (χ0n) is 9.68. The highest BCUT2D eigenvalue weighted by atomic mass is 19.1. The summed E-state index contributed by atoms with van der Waals surface area (Å²) < 4.78 is 53.4. The molecule has 1 aliphatic rings. The van der Waals surface area contributed by atoms with Gasteiger partial charge in [0.25, 0.3) is 0 Å². The van der Waals surface area contributed by atoms with Crippen LogP contribution in [0.2, 0.25) is 0 Å². The van der Waals surface area contributed by atoms with E-state index >= 15 is 0 Å². The van der Waals surface area contributed by atoms with Crippen molar-refractivity contribution in [3.63, 3.8) is 0 Å². The van der Waals surface area contributed by atoms with Crippen LogP contribution in [0.25, 0.3) is 0 Å². The van der Waals surface area contributed by atoms with Crippen LogP contribution in [0, 0.1) is 23.3 Å². The Kier molecular flexibility index (Phi) is 2.69. The molecule has 19 heavy (non-hydrogen) atoms. The molecule has 0 radical (unpaired) electrons. The van der Waals surface area contributed by atoms with E-state index in [0.29, 0.717) is 5.56 Å². The summed E-state index contributed by atoms with van der Waals surface area (Å²) in [5, 5.41) is 2.77. The summed E-state index contributed by atoms with van der Waals surface area (Å²) >= 11 is 0. The molecule has 1 atom stereocenters. The molecule has 2 aromatic rings. The first-order valence-corrected chi connectivity index (χ1v) is 5.74. The first kappa shape index (κ1) is 12.0. The summed E-state index contributed by atoms with van der Waals surface area (Å²) in [6.07, 6.45) is 0.213. The Balaban J connectivity index is 2.00. The normalized spacial score (nSPS) is 17.2. The standard InChI is InChI=1S/C14H9F4N/c15-8-1-2-11(17)10(5-8)13-4-7-3-9(16)6-12(18)14(7)19-13/h1-3,5-6,13,19H,4H2. The molecule has 0 aliphatic carbocycles. The Morgan fingerprint density at radius 1 is 0.895 bits per heavy atom. The molecule has 3 rings (SSSR count). The van der Waals surface area contributed by atoms with Gasteiger partial charge in [-0.1, -0.05) is 0 Å². The predicted molar refractivity (Wildman–Crippen MR) is 62.8 cm³/mol. The minimum absolute atomic E-state index is 0.107. The van der Waals surface area contributed by atoms with Gasteiger partial charge in [0, 0.05) is 11.6 Å². The average molecular weight is 267 g/mol. The summed E-state index contributed by atoms with van der Waals surface area (Å²) in [7, 11) is 0. The highest BCUT2D eigenvalue weighted by Crippen LogP contribution is 2.37. The monoisotopic (exact) mass is 267 g/mol. The van der Waals surface area contributed by atoms with Crippen molar-refractivity contribution in [1.29, 1.82) is 0 Å². The molecule has 1 nitrogen and oxygen atoms in total. The van der Waals surface area contributed by atoms with Gasteiger partial charge < -0.3 is 5.32 Å². The summed E-state index contributed by atoms with van der Waals surface area (Å²) in [4.78, 5) is 0. The molecular formula is C14H9F4N. The van der Waals surface area contributed by atoms with Gasteiger partial charge in [0.2, 0.25) is 0 Å². The fourth-order valence-corrected chi connectivity index (χ4v) is 2.36. The number of benzene rings is 2. The zero-order valence-corrected chi connectivity index (χ0v) is 9.68. The largest absolute Gasteiger partial charge is 0.375 e. The van der Waals surface area contributed by atoms with Crippen LogP contribution in [-0.2, 0) is 6.42 Å². The van der Waals surface area contributed by atoms with Gasteiger partial charge in [-0.15, -0.1) is 0 Å². The topological polar surface area (TPSA) is 12.0 Å². The molecule has 0 aromatic heterocycles. The lowest BCUT2D eigenvalue weighted by Gasteiger charge is -2.12. The molecule has 1 N–H and O–H groups in total. The van der Waals surface area contributed by atoms with Crippen LogP contribution in [0.5, 0.6) is 0 Å². The van der Waals surface area contributed by atoms with Crippen LogP contribution < -0.4 is 5.32 Å². The Morgan fingerprint density at radius 3 is 2.47 bits per heavy atom. The average Bonchev–Trinajstić information content (AvgIpc) is 2.76. The number of hydrogen-bond acceptors (Lipinski definition) is 1. The first-order chi connectivity index (χ1) is 9.04. The minimum atomic E-state index is -0.727. The van der Waals surface area contributed by atoms with Crippen molar-refractivity contribution in [2.75, 3.05) is 5.32 Å². The molecular weight excluding hydrogens is 258 g/mol. The summed E-state index contributed by atoms with van der Waals surface area (Å²) in [5.41, 5.74) is 0.678. The Labute approximate surface area is 106 Å². The van der Waals surface area contributed by atoms with Crippen LogP contribution in [-0.4, -0.2) is 0 Å². The van der Waals surface area contributed by atoms with E-state index in [-0.39, 0.29) is 17.7 Å². The maximum atomic E-state index is 13.6. The molecule has 0 spiro atoms. The van der Waals surface area contributed by atoms with Crippen molar-refractivity contribution in [3.8, 4) is 0 Å². The highest BCUT2D eigenvalue weighted by Gasteiger charge is 2.27. The Bertz CT molecular complexity index is 654. The van der Waals surface area contributed by atoms with Crippen molar-refractivity contribution in [3.05, 3.63) is 64.7 Å². The van der Waals surface area contributed by atoms with Gasteiger partial charge in [0.15, 0.2) is 0 Å². The van der Waals surface area contributed by atoms with E-state index in [1.54, 1.807) is 0 Å². The van der Waals surface area contributed by atoms with Gasteiger partial charge in [-0.05, 0) is 36.2 Å². The summed E-state index contributed by atoms with van der Waals surface area (Å²) in [6.45, 7) is 0. The van der Waals surface area contributed by atoms with Crippen LogP contribution >= 0.6 is 0 Å². The second-order valence-corrected chi connectivity index (χ2v) is 4.49. The Morgan fingerprint density at radius 2 is 1.68 bits per heavy atom. The third-order valence-electron chi connectivity index (χ3n) is 3.21. The molecule has 1 unspecified atom stereocenters. The quantitative estimate of drug-likeness (QED) is 0.771. The number of nitrogens with one attached hydrogen (secondary N) is 1. The van der Waals surface area contributed by atoms with Gasteiger partial charge in [0.1, 0.15) is 23.3 Å². The Hall–Kier alpha value is -2.04. The van der Waals surface area contributed by atoms with Gasteiger partial charge in [-0.25, -0.2) is 17.6 Å². The smallest absolute Gasteiger partial charge is 0.149 e. The minimum Gasteiger partial charge on any atom is -0.375 e. The molecule has 0 amide bonds. The lowest BCUT2D eigenvalue weighted by molar-refractivity contribution is 0.573. The molecule has 0 bridgehead atoms. The third kappa shape index (κ3) is 2.05. The lowest BCUT2D eigenvalue weighted by atomic mass is 10.0. The number of fused-ring (bicyclic) bond motifs is 1. The van der Waals surface area contributed by atoms with Crippen LogP contribution in [0.3, 0.4) is 0 Å². The van der Waals surface area contributed by atoms with Gasteiger partial charge >= 0.3 is 0 Å². The summed E-state index contributed by atoms with van der Waals surface area (Å²) in [6, 6.07) is 4.46. The predicted octanol–water partition coefficient (Wildman–Crippen LogP) is 3.95. The van der Waals surface area contributed by atoms with Crippen LogP contribution in [0.1, 0.15) is 17.2 Å². The van der Waals surface area contributed by atoms with Crippen LogP contribution in [0.4, 0.5) is 23.2 Å². The van der Waals surface area contributed by atoms with E-state index < -0.39 is 29.3 Å². The molecule has 1 aliphatic heterocycles. The zero-order chi connectivity index (χ0) is 13.6. The van der Waals surface area contributed by atoms with Crippen molar-refractivity contribution in [1.82, 2.24) is 0 Å². The maximum absolute atomic E-state index is 13.6. The van der Waals surface area contributed by atoms with Gasteiger partial charge in [-0.2, -0.15) is 0 Å². The molecule has 0 fully saturated rings. The molecule has 2 aromatic carbocycles. The van der Waals surface area contributed by atoms with E-state index in [4.69, 9.17) is 0 Å². The van der Waals surface area contributed by atoms with E-state index in [2.05, 4.69) is 5.32 Å². The number of rotatable bonds is 1. The number of halogens is 4. The summed E-state index contributed by atoms with van der Waals surface area (Å²) in [5.74, 6) is -2.55. The van der Waals surface area contributed by atoms with Crippen LogP contribution in [0.15, 0.2) is 30.3 Å².